The molecule has 0 atom stereocenters. The van der Waals surface area contributed by atoms with Crippen molar-refractivity contribution in [2.45, 2.75) is 6.92 Å². The molecule has 0 aromatic heterocycles. The summed E-state index contributed by atoms with van der Waals surface area (Å²) in [4.78, 5) is 0. The summed E-state index contributed by atoms with van der Waals surface area (Å²) in [7, 11) is 0. The van der Waals surface area contributed by atoms with Crippen molar-refractivity contribution in [1.29, 1.82) is 0 Å². The van der Waals surface area contributed by atoms with Gasteiger partial charge in [0, 0.05) is 0 Å². The highest BCUT2D eigenvalue weighted by molar-refractivity contribution is 9.10. The molecule has 0 aliphatic rings. The highest BCUT2D eigenvalue weighted by atomic mass is 79.9. The van der Waals surface area contributed by atoms with Crippen LogP contribution in [0.15, 0.2) is 22.7 Å². The molecule has 1 radical (unpaired) electrons. The standard InChI is InChI=1S/C7H6BrO/c1-5-3-2-4-6(8)7(5)9/h2-4H,1H3. The van der Waals surface area contributed by atoms with E-state index >= 15 is 0 Å². The van der Waals surface area contributed by atoms with Gasteiger partial charge in [-0.15, -0.1) is 0 Å². The van der Waals surface area contributed by atoms with E-state index in [0.717, 1.165) is 5.56 Å². The van der Waals surface area contributed by atoms with Crippen molar-refractivity contribution in [3.05, 3.63) is 28.2 Å². The Morgan fingerprint density at radius 2 is 2.11 bits per heavy atom. The molecule has 0 heterocycles. The summed E-state index contributed by atoms with van der Waals surface area (Å²) in [6, 6.07) is 5.39. The molecule has 0 saturated carbocycles. The highest BCUT2D eigenvalue weighted by Crippen LogP contribution is 2.26. The molecule has 1 aromatic rings. The fourth-order valence-corrected chi connectivity index (χ4v) is 1.08. The van der Waals surface area contributed by atoms with Gasteiger partial charge in [0.25, 0.3) is 0 Å². The van der Waals surface area contributed by atoms with Gasteiger partial charge in [-0.3, -0.25) is 5.11 Å². The zero-order valence-corrected chi connectivity index (χ0v) is 6.60. The average molecular weight is 186 g/mol. The molecule has 0 bridgehead atoms. The molecule has 1 aromatic carbocycles. The quantitative estimate of drug-likeness (QED) is 0.593. The Kier molecular flexibility index (Phi) is 1.76. The third-order valence-electron chi connectivity index (χ3n) is 1.16. The fraction of sp³-hybridized carbons (Fsp3) is 0.143. The lowest BCUT2D eigenvalue weighted by molar-refractivity contribution is 0.349. The Hall–Kier alpha value is -0.500. The fourth-order valence-electron chi connectivity index (χ4n) is 0.617. The van der Waals surface area contributed by atoms with E-state index in [1.54, 1.807) is 19.1 Å². The van der Waals surface area contributed by atoms with Gasteiger partial charge < -0.3 is 0 Å². The van der Waals surface area contributed by atoms with Crippen molar-refractivity contribution in [3.8, 4) is 5.75 Å². The van der Waals surface area contributed by atoms with E-state index in [-0.39, 0.29) is 5.75 Å². The van der Waals surface area contributed by atoms with Crippen LogP contribution >= 0.6 is 15.9 Å². The third kappa shape index (κ3) is 1.24. The van der Waals surface area contributed by atoms with Crippen molar-refractivity contribution in [3.63, 3.8) is 0 Å². The van der Waals surface area contributed by atoms with Crippen LogP contribution < -0.4 is 0 Å². The lowest BCUT2D eigenvalue weighted by Crippen LogP contribution is -1.71. The zero-order chi connectivity index (χ0) is 6.85. The van der Waals surface area contributed by atoms with Crippen molar-refractivity contribution in [2.24, 2.45) is 0 Å². The molecule has 1 nitrogen and oxygen atoms in total. The minimum absolute atomic E-state index is 0.0810. The van der Waals surface area contributed by atoms with Gasteiger partial charge in [0.1, 0.15) is 0 Å². The minimum atomic E-state index is 0.0810. The van der Waals surface area contributed by atoms with Gasteiger partial charge in [0.05, 0.1) is 4.47 Å². The Morgan fingerprint density at radius 1 is 1.44 bits per heavy atom. The number of benzene rings is 1. The van der Waals surface area contributed by atoms with Gasteiger partial charge in [-0.2, -0.15) is 0 Å². The summed E-state index contributed by atoms with van der Waals surface area (Å²) in [6.07, 6.45) is 0. The maximum Gasteiger partial charge on any atom is 0.195 e. The molecule has 47 valence electrons. The topological polar surface area (TPSA) is 19.9 Å². The second kappa shape index (κ2) is 2.40. The maximum atomic E-state index is 10.9. The van der Waals surface area contributed by atoms with Gasteiger partial charge in [-0.05, 0) is 34.5 Å². The summed E-state index contributed by atoms with van der Waals surface area (Å²) in [5.41, 5.74) is 0.782. The smallest absolute Gasteiger partial charge is 0.195 e. The summed E-state index contributed by atoms with van der Waals surface area (Å²) in [6.45, 7) is 1.80. The first-order chi connectivity index (χ1) is 4.22. The molecule has 0 spiro atoms. The largest absolute Gasteiger partial charge is 0.288 e. The van der Waals surface area contributed by atoms with Crippen LogP contribution in [0.1, 0.15) is 5.56 Å². The Morgan fingerprint density at radius 3 is 2.56 bits per heavy atom. The number of aryl methyl sites for hydroxylation is 1. The zero-order valence-electron chi connectivity index (χ0n) is 5.02. The average Bonchev–Trinajstić information content (AvgIpc) is 1.83. The molecule has 1 rings (SSSR count). The number of para-hydroxylation sites is 1. The van der Waals surface area contributed by atoms with Gasteiger partial charge in [-0.1, -0.05) is 12.1 Å². The van der Waals surface area contributed by atoms with E-state index in [2.05, 4.69) is 15.9 Å². The predicted octanol–water partition coefficient (Wildman–Crippen LogP) is 2.90. The molecular weight excluding hydrogens is 180 g/mol. The molecule has 0 N–H and O–H groups in total. The number of halogens is 1. The van der Waals surface area contributed by atoms with Crippen molar-refractivity contribution < 1.29 is 5.11 Å². The van der Waals surface area contributed by atoms with Crippen LogP contribution in [-0.2, 0) is 5.11 Å². The maximum absolute atomic E-state index is 10.9. The predicted molar refractivity (Wildman–Crippen MR) is 39.0 cm³/mol. The summed E-state index contributed by atoms with van der Waals surface area (Å²) >= 11 is 3.13. The molecule has 0 amide bonds. The Balaban J connectivity index is 3.25. The molecule has 0 aliphatic carbocycles. The molecule has 0 fully saturated rings. The molecule has 0 unspecified atom stereocenters. The summed E-state index contributed by atoms with van der Waals surface area (Å²) < 4.78 is 0.641. The van der Waals surface area contributed by atoms with E-state index in [4.69, 9.17) is 0 Å². The van der Waals surface area contributed by atoms with Crippen LogP contribution in [-0.4, -0.2) is 0 Å². The van der Waals surface area contributed by atoms with Gasteiger partial charge >= 0.3 is 0 Å². The Labute approximate surface area is 62.5 Å². The third-order valence-corrected chi connectivity index (χ3v) is 1.79. The monoisotopic (exact) mass is 185 g/mol. The number of rotatable bonds is 0. The normalized spacial score (nSPS) is 9.56. The first-order valence-corrected chi connectivity index (χ1v) is 3.43. The first kappa shape index (κ1) is 6.62. The lowest BCUT2D eigenvalue weighted by atomic mass is 10.2. The van der Waals surface area contributed by atoms with Gasteiger partial charge in [0.15, 0.2) is 5.75 Å². The second-order valence-electron chi connectivity index (χ2n) is 1.89. The van der Waals surface area contributed by atoms with Gasteiger partial charge in [-0.25, -0.2) is 0 Å². The summed E-state index contributed by atoms with van der Waals surface area (Å²) in [5, 5.41) is 10.9. The van der Waals surface area contributed by atoms with Crippen LogP contribution in [0.4, 0.5) is 0 Å². The van der Waals surface area contributed by atoms with Crippen LogP contribution in [0.2, 0.25) is 0 Å². The highest BCUT2D eigenvalue weighted by Gasteiger charge is 1.99. The van der Waals surface area contributed by atoms with E-state index in [9.17, 15) is 5.11 Å². The Bertz CT molecular complexity index is 200. The van der Waals surface area contributed by atoms with E-state index < -0.39 is 0 Å². The van der Waals surface area contributed by atoms with Crippen LogP contribution in [0.5, 0.6) is 5.75 Å². The van der Waals surface area contributed by atoms with Crippen LogP contribution in [0.3, 0.4) is 0 Å². The molecule has 0 aliphatic heterocycles. The molecule has 2 heteroatoms. The first-order valence-electron chi connectivity index (χ1n) is 2.64. The lowest BCUT2D eigenvalue weighted by Gasteiger charge is -1.94. The van der Waals surface area contributed by atoms with E-state index in [0.29, 0.717) is 4.47 Å². The number of hydrogen-bond donors (Lipinski definition) is 0. The molecule has 0 saturated heterocycles. The van der Waals surface area contributed by atoms with Crippen LogP contribution in [0.25, 0.3) is 0 Å². The summed E-state index contributed by atoms with van der Waals surface area (Å²) in [5.74, 6) is 0.0810. The van der Waals surface area contributed by atoms with E-state index in [1.165, 1.54) is 0 Å². The van der Waals surface area contributed by atoms with Gasteiger partial charge in [0.2, 0.25) is 0 Å². The second-order valence-corrected chi connectivity index (χ2v) is 2.74. The number of hydrogen-bond acceptors (Lipinski definition) is 0. The van der Waals surface area contributed by atoms with E-state index in [1.807, 2.05) is 6.07 Å². The minimum Gasteiger partial charge on any atom is -0.288 e. The molecular formula is C7H6BrO. The van der Waals surface area contributed by atoms with Crippen molar-refractivity contribution in [1.82, 2.24) is 0 Å². The van der Waals surface area contributed by atoms with Crippen molar-refractivity contribution >= 4 is 15.9 Å². The van der Waals surface area contributed by atoms with Crippen LogP contribution in [0, 0.1) is 6.92 Å². The SMILES string of the molecule is Cc1cccc(Br)c1[O]. The molecule has 9 heavy (non-hydrogen) atoms. The van der Waals surface area contributed by atoms with Crippen molar-refractivity contribution in [2.75, 3.05) is 0 Å².